The third-order valence-corrected chi connectivity index (χ3v) is 5.26. The molecule has 1 aromatic carbocycles. The molecule has 0 bridgehead atoms. The van der Waals surface area contributed by atoms with Gasteiger partial charge in [-0.05, 0) is 12.8 Å². The first-order valence-corrected chi connectivity index (χ1v) is 9.19. The number of H-pyrrole nitrogens is 2. The second-order valence-electron chi connectivity index (χ2n) is 6.97. The molecule has 136 valence electrons. The molecular formula is C19H18N6O2. The predicted molar refractivity (Wildman–Crippen MR) is 102 cm³/mol. The molecule has 1 aliphatic rings. The van der Waals surface area contributed by atoms with Gasteiger partial charge in [0.05, 0.1) is 0 Å². The van der Waals surface area contributed by atoms with Crippen LogP contribution in [-0.4, -0.2) is 29.7 Å². The quantitative estimate of drug-likeness (QED) is 0.569. The Morgan fingerprint density at radius 1 is 0.963 bits per heavy atom. The van der Waals surface area contributed by atoms with Gasteiger partial charge in [0.2, 0.25) is 0 Å². The number of imidazole rings is 1. The maximum Gasteiger partial charge on any atom is 0.327 e. The summed E-state index contributed by atoms with van der Waals surface area (Å²) in [6.45, 7) is 0. The highest BCUT2D eigenvalue weighted by Gasteiger charge is 2.25. The molecule has 0 spiro atoms. The van der Waals surface area contributed by atoms with Crippen molar-refractivity contribution >= 4 is 22.2 Å². The van der Waals surface area contributed by atoms with Crippen molar-refractivity contribution in [3.05, 3.63) is 51.2 Å². The molecule has 0 atom stereocenters. The van der Waals surface area contributed by atoms with Gasteiger partial charge in [0.1, 0.15) is 16.7 Å². The Balaban J connectivity index is 1.88. The van der Waals surface area contributed by atoms with Crippen LogP contribution < -0.4 is 11.2 Å². The first-order valence-electron chi connectivity index (χ1n) is 9.19. The van der Waals surface area contributed by atoms with Crippen molar-refractivity contribution in [2.75, 3.05) is 0 Å². The largest absolute Gasteiger partial charge is 0.327 e. The summed E-state index contributed by atoms with van der Waals surface area (Å²) in [6, 6.07) is 10.2. The Morgan fingerprint density at radius 2 is 1.74 bits per heavy atom. The monoisotopic (exact) mass is 362 g/mol. The molecular weight excluding hydrogens is 344 g/mol. The molecule has 27 heavy (non-hydrogen) atoms. The van der Waals surface area contributed by atoms with E-state index in [0.29, 0.717) is 11.2 Å². The van der Waals surface area contributed by atoms with E-state index < -0.39 is 11.2 Å². The molecule has 1 saturated carbocycles. The average molecular weight is 362 g/mol. The fourth-order valence-corrected chi connectivity index (χ4v) is 4.03. The van der Waals surface area contributed by atoms with Crippen molar-refractivity contribution in [2.45, 2.75) is 38.1 Å². The summed E-state index contributed by atoms with van der Waals surface area (Å²) in [4.78, 5) is 33.6. The first-order chi connectivity index (χ1) is 13.2. The van der Waals surface area contributed by atoms with Gasteiger partial charge in [0.25, 0.3) is 5.56 Å². The minimum Gasteiger partial charge on any atom is -0.304 e. The lowest BCUT2D eigenvalue weighted by Gasteiger charge is -2.25. The maximum absolute atomic E-state index is 12.5. The normalized spacial score (nSPS) is 15.6. The molecule has 5 rings (SSSR count). The van der Waals surface area contributed by atoms with E-state index >= 15 is 0 Å². The highest BCUT2D eigenvalue weighted by molar-refractivity contribution is 5.99. The van der Waals surface area contributed by atoms with E-state index in [1.807, 2.05) is 30.3 Å². The maximum atomic E-state index is 12.5. The van der Waals surface area contributed by atoms with E-state index in [4.69, 9.17) is 4.98 Å². The van der Waals surface area contributed by atoms with Gasteiger partial charge in [-0.25, -0.2) is 9.78 Å². The second kappa shape index (κ2) is 6.15. The summed E-state index contributed by atoms with van der Waals surface area (Å²) >= 11 is 0. The fraction of sp³-hybridized carbons (Fsp3) is 0.316. The van der Waals surface area contributed by atoms with Crippen molar-refractivity contribution in [3.63, 3.8) is 0 Å². The van der Waals surface area contributed by atoms with Crippen LogP contribution in [-0.2, 0) is 0 Å². The van der Waals surface area contributed by atoms with E-state index in [1.54, 1.807) is 0 Å². The summed E-state index contributed by atoms with van der Waals surface area (Å²) < 4.78 is 2.13. The highest BCUT2D eigenvalue weighted by Crippen LogP contribution is 2.35. The van der Waals surface area contributed by atoms with E-state index in [2.05, 4.69) is 24.7 Å². The summed E-state index contributed by atoms with van der Waals surface area (Å²) in [5, 5.41) is 8.72. The summed E-state index contributed by atoms with van der Waals surface area (Å²) in [5.41, 5.74) is 1.09. The number of aromatic nitrogens is 6. The number of aromatic amines is 2. The Hall–Kier alpha value is -3.29. The van der Waals surface area contributed by atoms with Gasteiger partial charge >= 0.3 is 5.69 Å². The minimum absolute atomic E-state index is 0.157. The summed E-state index contributed by atoms with van der Waals surface area (Å²) in [7, 11) is 0. The third kappa shape index (κ3) is 2.56. The van der Waals surface area contributed by atoms with Crippen molar-refractivity contribution in [3.8, 4) is 11.4 Å². The molecule has 2 N–H and O–H groups in total. The van der Waals surface area contributed by atoms with Crippen LogP contribution in [0.5, 0.6) is 0 Å². The number of fused-ring (bicyclic) bond motifs is 3. The topological polar surface area (TPSA) is 109 Å². The molecule has 3 heterocycles. The zero-order chi connectivity index (χ0) is 18.4. The van der Waals surface area contributed by atoms with Gasteiger partial charge < -0.3 is 4.57 Å². The van der Waals surface area contributed by atoms with Crippen LogP contribution >= 0.6 is 0 Å². The number of nitrogens with zero attached hydrogens (tertiary/aromatic N) is 4. The van der Waals surface area contributed by atoms with Crippen LogP contribution in [0, 0.1) is 0 Å². The second-order valence-corrected chi connectivity index (χ2v) is 6.97. The number of rotatable bonds is 2. The Kier molecular flexibility index (Phi) is 3.63. The average Bonchev–Trinajstić information content (AvgIpc) is 3.08. The van der Waals surface area contributed by atoms with Crippen LogP contribution in [0.4, 0.5) is 0 Å². The molecule has 8 heteroatoms. The Morgan fingerprint density at radius 3 is 2.52 bits per heavy atom. The van der Waals surface area contributed by atoms with Crippen molar-refractivity contribution in [1.29, 1.82) is 0 Å². The van der Waals surface area contributed by atoms with E-state index in [0.717, 1.165) is 37.1 Å². The van der Waals surface area contributed by atoms with Crippen molar-refractivity contribution in [1.82, 2.24) is 29.7 Å². The van der Waals surface area contributed by atoms with Gasteiger partial charge in [0.15, 0.2) is 11.3 Å². The smallest absolute Gasteiger partial charge is 0.304 e. The van der Waals surface area contributed by atoms with Gasteiger partial charge in [0, 0.05) is 11.6 Å². The van der Waals surface area contributed by atoms with E-state index in [1.165, 1.54) is 6.42 Å². The summed E-state index contributed by atoms with van der Waals surface area (Å²) in [5.74, 6) is 0.782. The molecule has 0 saturated heterocycles. The Labute approximate surface area is 153 Å². The molecule has 0 radical (unpaired) electrons. The van der Waals surface area contributed by atoms with Gasteiger partial charge in [-0.2, -0.15) is 0 Å². The molecule has 1 aliphatic carbocycles. The number of hydrogen-bond donors (Lipinski definition) is 2. The molecule has 4 aromatic rings. The highest BCUT2D eigenvalue weighted by atomic mass is 16.2. The minimum atomic E-state index is -0.601. The Bertz CT molecular complexity index is 1250. The number of benzene rings is 1. The molecule has 1 fully saturated rings. The first kappa shape index (κ1) is 15.9. The van der Waals surface area contributed by atoms with E-state index in [-0.39, 0.29) is 17.1 Å². The summed E-state index contributed by atoms with van der Waals surface area (Å²) in [6.07, 6.45) is 5.65. The SMILES string of the molecule is O=c1[nH]c(=O)c2c(nnc3c2nc(-c2ccccc2)n3C2CCCCC2)[nH]1. The van der Waals surface area contributed by atoms with Gasteiger partial charge in [-0.15, -0.1) is 10.2 Å². The van der Waals surface area contributed by atoms with Crippen LogP contribution in [0.25, 0.3) is 33.6 Å². The van der Waals surface area contributed by atoms with Crippen LogP contribution in [0.15, 0.2) is 39.9 Å². The predicted octanol–water partition coefficient (Wildman–Crippen LogP) is 2.53. The van der Waals surface area contributed by atoms with Crippen LogP contribution in [0.2, 0.25) is 0 Å². The zero-order valence-corrected chi connectivity index (χ0v) is 14.6. The lowest BCUT2D eigenvalue weighted by atomic mass is 9.95. The fourth-order valence-electron chi connectivity index (χ4n) is 4.03. The standard InChI is InChI=1S/C19H18N6O2/c26-18-13-14-17(24-23-15(13)21-19(27)22-18)25(12-9-5-2-6-10-12)16(20-14)11-7-3-1-4-8-11/h1,3-4,7-8,12H,2,5-6,9-10H2,(H2,21,22,23,26,27). The van der Waals surface area contributed by atoms with E-state index in [9.17, 15) is 9.59 Å². The van der Waals surface area contributed by atoms with Crippen LogP contribution in [0.3, 0.4) is 0 Å². The zero-order valence-electron chi connectivity index (χ0n) is 14.6. The molecule has 8 nitrogen and oxygen atoms in total. The van der Waals surface area contributed by atoms with Gasteiger partial charge in [-0.1, -0.05) is 49.6 Å². The molecule has 0 amide bonds. The number of hydrogen-bond acceptors (Lipinski definition) is 5. The van der Waals surface area contributed by atoms with Crippen molar-refractivity contribution in [2.24, 2.45) is 0 Å². The third-order valence-electron chi connectivity index (χ3n) is 5.26. The number of nitrogens with one attached hydrogen (secondary N) is 2. The van der Waals surface area contributed by atoms with Crippen LogP contribution in [0.1, 0.15) is 38.1 Å². The molecule has 0 unspecified atom stereocenters. The van der Waals surface area contributed by atoms with Crippen molar-refractivity contribution < 1.29 is 0 Å². The lowest BCUT2D eigenvalue weighted by Crippen LogP contribution is -2.23. The lowest BCUT2D eigenvalue weighted by molar-refractivity contribution is 0.360. The molecule has 3 aromatic heterocycles. The molecule has 0 aliphatic heterocycles. The van der Waals surface area contributed by atoms with Gasteiger partial charge in [-0.3, -0.25) is 14.8 Å².